The Morgan fingerprint density at radius 3 is 2.44 bits per heavy atom. The molecule has 0 saturated carbocycles. The van der Waals surface area contributed by atoms with Gasteiger partial charge in [0.1, 0.15) is 6.04 Å². The maximum atomic E-state index is 12.2. The second-order valence-electron chi connectivity index (χ2n) is 5.82. The minimum Gasteiger partial charge on any atom is -0.368 e. The minimum atomic E-state index is -0.839. The molecule has 0 aliphatic rings. The Bertz CT molecular complexity index is 787. The molecule has 0 aromatic heterocycles. The van der Waals surface area contributed by atoms with Crippen molar-refractivity contribution in [3.63, 3.8) is 0 Å². The molecule has 0 unspecified atom stereocenters. The Morgan fingerprint density at radius 1 is 1.16 bits per heavy atom. The number of rotatable bonds is 7. The third-order valence-corrected chi connectivity index (χ3v) is 3.73. The van der Waals surface area contributed by atoms with Gasteiger partial charge >= 0.3 is 0 Å². The predicted octanol–water partition coefficient (Wildman–Crippen LogP) is 1.66. The first-order valence-electron chi connectivity index (χ1n) is 7.72. The Hall–Kier alpha value is -3.22. The number of nitro benzene ring substituents is 1. The van der Waals surface area contributed by atoms with Gasteiger partial charge in [-0.1, -0.05) is 42.0 Å². The van der Waals surface area contributed by atoms with E-state index in [1.807, 2.05) is 31.2 Å². The summed E-state index contributed by atoms with van der Waals surface area (Å²) in [6, 6.07) is 12.6. The van der Waals surface area contributed by atoms with Crippen LogP contribution in [0.25, 0.3) is 0 Å². The van der Waals surface area contributed by atoms with Gasteiger partial charge in [-0.3, -0.25) is 19.7 Å². The van der Waals surface area contributed by atoms with E-state index in [1.165, 1.54) is 18.2 Å². The molecule has 2 amide bonds. The van der Waals surface area contributed by atoms with Crippen LogP contribution in [0.1, 0.15) is 16.7 Å². The number of nitro groups is 1. The molecule has 0 aliphatic heterocycles. The number of carbonyl (C=O) groups is 2. The lowest BCUT2D eigenvalue weighted by atomic mass is 10.0. The van der Waals surface area contributed by atoms with E-state index >= 15 is 0 Å². The number of primary amides is 1. The molecule has 25 heavy (non-hydrogen) atoms. The standard InChI is InChI=1S/C18H19N3O4/c1-12-5-7-13(8-6-12)10-16(18(19)23)20-17(22)11-14-3-2-4-15(9-14)21(24)25/h2-9,16H,10-11H2,1H3,(H2,19,23)(H,20,22)/t16-/m0/s1. The Kier molecular flexibility index (Phi) is 5.84. The molecular weight excluding hydrogens is 322 g/mol. The summed E-state index contributed by atoms with van der Waals surface area (Å²) in [5, 5.41) is 13.4. The van der Waals surface area contributed by atoms with Crippen LogP contribution in [0, 0.1) is 17.0 Å². The van der Waals surface area contributed by atoms with E-state index in [-0.39, 0.29) is 18.5 Å². The van der Waals surface area contributed by atoms with Crippen molar-refractivity contribution in [3.8, 4) is 0 Å². The largest absolute Gasteiger partial charge is 0.368 e. The maximum Gasteiger partial charge on any atom is 0.269 e. The van der Waals surface area contributed by atoms with E-state index in [0.717, 1.165) is 11.1 Å². The number of non-ortho nitro benzene ring substituents is 1. The average molecular weight is 341 g/mol. The van der Waals surface area contributed by atoms with Gasteiger partial charge in [0.15, 0.2) is 0 Å². The van der Waals surface area contributed by atoms with Crippen molar-refractivity contribution < 1.29 is 14.5 Å². The lowest BCUT2D eigenvalue weighted by Crippen LogP contribution is -2.46. The molecular formula is C18H19N3O4. The van der Waals surface area contributed by atoms with Crippen LogP contribution >= 0.6 is 0 Å². The third-order valence-electron chi connectivity index (χ3n) is 3.73. The second kappa shape index (κ2) is 8.05. The first-order valence-corrected chi connectivity index (χ1v) is 7.72. The van der Waals surface area contributed by atoms with Gasteiger partial charge < -0.3 is 11.1 Å². The van der Waals surface area contributed by atoms with E-state index in [1.54, 1.807) is 6.07 Å². The predicted molar refractivity (Wildman–Crippen MR) is 92.8 cm³/mol. The van der Waals surface area contributed by atoms with Crippen LogP contribution in [0.5, 0.6) is 0 Å². The number of benzene rings is 2. The van der Waals surface area contributed by atoms with E-state index in [9.17, 15) is 19.7 Å². The van der Waals surface area contributed by atoms with Crippen LogP contribution in [0.2, 0.25) is 0 Å². The van der Waals surface area contributed by atoms with Crippen LogP contribution < -0.4 is 11.1 Å². The van der Waals surface area contributed by atoms with Crippen LogP contribution in [0.15, 0.2) is 48.5 Å². The molecule has 3 N–H and O–H groups in total. The first-order chi connectivity index (χ1) is 11.8. The van der Waals surface area contributed by atoms with Gasteiger partial charge in [-0.15, -0.1) is 0 Å². The molecule has 0 fully saturated rings. The smallest absolute Gasteiger partial charge is 0.269 e. The quantitative estimate of drug-likeness (QED) is 0.588. The summed E-state index contributed by atoms with van der Waals surface area (Å²) < 4.78 is 0. The van der Waals surface area contributed by atoms with Crippen molar-refractivity contribution in [2.75, 3.05) is 0 Å². The van der Waals surface area contributed by atoms with Gasteiger partial charge in [-0.25, -0.2) is 0 Å². The summed E-state index contributed by atoms with van der Waals surface area (Å²) in [7, 11) is 0. The van der Waals surface area contributed by atoms with Gasteiger partial charge in [0, 0.05) is 18.6 Å². The molecule has 0 saturated heterocycles. The van der Waals surface area contributed by atoms with Gasteiger partial charge in [-0.05, 0) is 18.1 Å². The number of aryl methyl sites for hydroxylation is 1. The summed E-state index contributed by atoms with van der Waals surface area (Å²) in [6.07, 6.45) is 0.218. The average Bonchev–Trinajstić information content (AvgIpc) is 2.56. The summed E-state index contributed by atoms with van der Waals surface area (Å²) in [4.78, 5) is 34.0. The molecule has 2 aromatic rings. The number of nitrogens with zero attached hydrogens (tertiary/aromatic N) is 1. The molecule has 2 aromatic carbocycles. The first kappa shape index (κ1) is 18.1. The van der Waals surface area contributed by atoms with Crippen LogP contribution in [-0.4, -0.2) is 22.8 Å². The van der Waals surface area contributed by atoms with E-state index in [0.29, 0.717) is 5.56 Å². The van der Waals surface area contributed by atoms with Gasteiger partial charge in [0.05, 0.1) is 11.3 Å². The number of nitrogens with one attached hydrogen (secondary N) is 1. The third kappa shape index (κ3) is 5.42. The van der Waals surface area contributed by atoms with Crippen LogP contribution in [0.3, 0.4) is 0 Å². The Balaban J connectivity index is 2.02. The normalized spacial score (nSPS) is 11.6. The molecule has 7 heteroatoms. The SMILES string of the molecule is Cc1ccc(C[C@H](NC(=O)Cc2cccc([N+](=O)[O-])c2)C(N)=O)cc1. The highest BCUT2D eigenvalue weighted by Crippen LogP contribution is 2.13. The van der Waals surface area contributed by atoms with Crippen molar-refractivity contribution >= 4 is 17.5 Å². The van der Waals surface area contributed by atoms with Crippen molar-refractivity contribution in [2.24, 2.45) is 5.73 Å². The zero-order valence-corrected chi connectivity index (χ0v) is 13.8. The zero-order valence-electron chi connectivity index (χ0n) is 13.8. The minimum absolute atomic E-state index is 0.0701. The van der Waals surface area contributed by atoms with Gasteiger partial charge in [0.25, 0.3) is 5.69 Å². The number of hydrogen-bond donors (Lipinski definition) is 2. The lowest BCUT2D eigenvalue weighted by Gasteiger charge is -2.16. The fourth-order valence-corrected chi connectivity index (χ4v) is 2.39. The van der Waals surface area contributed by atoms with Crippen molar-refractivity contribution in [3.05, 3.63) is 75.3 Å². The Morgan fingerprint density at radius 2 is 1.84 bits per heavy atom. The van der Waals surface area contributed by atoms with Gasteiger partial charge in [0.2, 0.25) is 11.8 Å². The highest BCUT2D eigenvalue weighted by Gasteiger charge is 2.19. The number of carbonyl (C=O) groups excluding carboxylic acids is 2. The monoisotopic (exact) mass is 341 g/mol. The molecule has 0 aliphatic carbocycles. The molecule has 1 atom stereocenters. The lowest BCUT2D eigenvalue weighted by molar-refractivity contribution is -0.384. The van der Waals surface area contributed by atoms with Crippen LogP contribution in [0.4, 0.5) is 5.69 Å². The molecule has 0 spiro atoms. The van der Waals surface area contributed by atoms with E-state index in [4.69, 9.17) is 5.73 Å². The molecule has 130 valence electrons. The highest BCUT2D eigenvalue weighted by atomic mass is 16.6. The summed E-state index contributed by atoms with van der Waals surface area (Å²) in [5.41, 5.74) is 7.75. The zero-order chi connectivity index (χ0) is 18.4. The Labute approximate surface area is 145 Å². The fourth-order valence-electron chi connectivity index (χ4n) is 2.39. The summed E-state index contributed by atoms with van der Waals surface area (Å²) in [6.45, 7) is 1.95. The fraction of sp³-hybridized carbons (Fsp3) is 0.222. The van der Waals surface area contributed by atoms with Crippen LogP contribution in [-0.2, 0) is 22.4 Å². The summed E-state index contributed by atoms with van der Waals surface area (Å²) in [5.74, 6) is -1.05. The van der Waals surface area contributed by atoms with Crippen molar-refractivity contribution in [2.45, 2.75) is 25.8 Å². The summed E-state index contributed by atoms with van der Waals surface area (Å²) >= 11 is 0. The highest BCUT2D eigenvalue weighted by molar-refractivity contribution is 5.87. The number of nitrogens with two attached hydrogens (primary N) is 1. The number of hydrogen-bond acceptors (Lipinski definition) is 4. The molecule has 0 bridgehead atoms. The van der Waals surface area contributed by atoms with E-state index in [2.05, 4.69) is 5.32 Å². The molecule has 0 heterocycles. The van der Waals surface area contributed by atoms with E-state index < -0.39 is 22.8 Å². The maximum absolute atomic E-state index is 12.2. The number of amides is 2. The molecule has 0 radical (unpaired) electrons. The molecule has 7 nitrogen and oxygen atoms in total. The van der Waals surface area contributed by atoms with Crippen molar-refractivity contribution in [1.29, 1.82) is 0 Å². The second-order valence-corrected chi connectivity index (χ2v) is 5.82. The molecule has 2 rings (SSSR count). The topological polar surface area (TPSA) is 115 Å². The van der Waals surface area contributed by atoms with Crippen molar-refractivity contribution in [1.82, 2.24) is 5.32 Å². The van der Waals surface area contributed by atoms with Gasteiger partial charge in [-0.2, -0.15) is 0 Å².